The van der Waals surface area contributed by atoms with Gasteiger partial charge in [0.05, 0.1) is 4.92 Å². The van der Waals surface area contributed by atoms with Gasteiger partial charge in [-0.3, -0.25) is 14.9 Å². The topological polar surface area (TPSA) is 85.1 Å². The summed E-state index contributed by atoms with van der Waals surface area (Å²) in [7, 11) is 0. The van der Waals surface area contributed by atoms with E-state index in [-0.39, 0.29) is 16.4 Å². The number of rotatable bonds is 4. The van der Waals surface area contributed by atoms with Crippen LogP contribution in [-0.4, -0.2) is 22.4 Å². The molecule has 90 valence electrons. The Hall–Kier alpha value is -1.69. The first-order valence-corrected chi connectivity index (χ1v) is 5.54. The molecule has 0 spiro atoms. The van der Waals surface area contributed by atoms with E-state index in [1.807, 2.05) is 0 Å². The molecule has 0 atom stereocenters. The van der Waals surface area contributed by atoms with Gasteiger partial charge in [0.15, 0.2) is 0 Å². The van der Waals surface area contributed by atoms with Crippen molar-refractivity contribution in [1.29, 1.82) is 0 Å². The summed E-state index contributed by atoms with van der Waals surface area (Å²) in [4.78, 5) is 25.4. The summed E-state index contributed by atoms with van der Waals surface area (Å²) in [5.74, 6) is 0.0308. The first kappa shape index (κ1) is 11.8. The number of nitrogens with one attached hydrogen (secondary N) is 1. The Balaban J connectivity index is 2.18. The van der Waals surface area contributed by atoms with E-state index in [2.05, 4.69) is 10.3 Å². The molecular formula is C10H10ClN3O3. The average molecular weight is 256 g/mol. The maximum Gasteiger partial charge on any atom is 0.300 e. The van der Waals surface area contributed by atoms with Crippen molar-refractivity contribution < 1.29 is 9.72 Å². The van der Waals surface area contributed by atoms with Crippen LogP contribution in [0, 0.1) is 16.0 Å². The molecule has 0 aromatic carbocycles. The van der Waals surface area contributed by atoms with Gasteiger partial charge in [-0.2, -0.15) is 0 Å². The monoisotopic (exact) mass is 255 g/mol. The summed E-state index contributed by atoms with van der Waals surface area (Å²) >= 11 is 5.63. The molecule has 1 fully saturated rings. The average Bonchev–Trinajstić information content (AvgIpc) is 3.09. The molecule has 0 radical (unpaired) electrons. The molecule has 7 heteroatoms. The largest absolute Gasteiger partial charge is 0.352 e. The van der Waals surface area contributed by atoms with Gasteiger partial charge in [0.1, 0.15) is 16.9 Å². The zero-order valence-corrected chi connectivity index (χ0v) is 9.61. The molecule has 1 heterocycles. The van der Waals surface area contributed by atoms with E-state index < -0.39 is 10.8 Å². The van der Waals surface area contributed by atoms with E-state index >= 15 is 0 Å². The zero-order chi connectivity index (χ0) is 12.4. The molecule has 0 unspecified atom stereocenters. The maximum atomic E-state index is 11.8. The third-order valence-corrected chi connectivity index (χ3v) is 2.75. The van der Waals surface area contributed by atoms with Gasteiger partial charge >= 0.3 is 0 Å². The van der Waals surface area contributed by atoms with Crippen LogP contribution >= 0.6 is 11.6 Å². The second-order valence-electron chi connectivity index (χ2n) is 3.93. The Labute approximate surface area is 102 Å². The molecule has 1 aromatic heterocycles. The van der Waals surface area contributed by atoms with Crippen LogP contribution < -0.4 is 5.32 Å². The number of aromatic nitrogens is 1. The van der Waals surface area contributed by atoms with E-state index in [1.165, 1.54) is 6.07 Å². The number of carbonyl (C=O) groups is 1. The van der Waals surface area contributed by atoms with Gasteiger partial charge in [0, 0.05) is 6.54 Å². The molecule has 1 aliphatic rings. The Morgan fingerprint density at radius 3 is 2.94 bits per heavy atom. The molecular weight excluding hydrogens is 246 g/mol. The SMILES string of the molecule is O=C(NCC1CC1)c1cc(Cl)ncc1[N+](=O)[O-]. The van der Waals surface area contributed by atoms with Gasteiger partial charge in [0.2, 0.25) is 0 Å². The predicted octanol–water partition coefficient (Wildman–Crippen LogP) is 1.78. The van der Waals surface area contributed by atoms with Crippen molar-refractivity contribution in [3.8, 4) is 0 Å². The smallest absolute Gasteiger partial charge is 0.300 e. The number of nitrogens with zero attached hydrogens (tertiary/aromatic N) is 2. The molecule has 0 aliphatic heterocycles. The molecule has 1 N–H and O–H groups in total. The Kier molecular flexibility index (Phi) is 3.23. The first-order chi connectivity index (χ1) is 8.08. The van der Waals surface area contributed by atoms with Gasteiger partial charge in [-0.15, -0.1) is 0 Å². The first-order valence-electron chi connectivity index (χ1n) is 5.16. The Morgan fingerprint density at radius 2 is 2.35 bits per heavy atom. The molecule has 2 rings (SSSR count). The van der Waals surface area contributed by atoms with Crippen LogP contribution in [0.1, 0.15) is 23.2 Å². The number of pyridine rings is 1. The highest BCUT2D eigenvalue weighted by Gasteiger charge is 2.25. The van der Waals surface area contributed by atoms with E-state index in [0.29, 0.717) is 12.5 Å². The Morgan fingerprint density at radius 1 is 1.65 bits per heavy atom. The summed E-state index contributed by atoms with van der Waals surface area (Å²) in [6.07, 6.45) is 3.19. The second kappa shape index (κ2) is 4.67. The summed E-state index contributed by atoms with van der Waals surface area (Å²) in [5, 5.41) is 13.4. The minimum absolute atomic E-state index is 0.0457. The van der Waals surface area contributed by atoms with Crippen molar-refractivity contribution >= 4 is 23.2 Å². The Bertz CT molecular complexity index is 474. The number of halogens is 1. The lowest BCUT2D eigenvalue weighted by atomic mass is 10.2. The van der Waals surface area contributed by atoms with Crippen molar-refractivity contribution in [2.45, 2.75) is 12.8 Å². The lowest BCUT2D eigenvalue weighted by molar-refractivity contribution is -0.385. The molecule has 17 heavy (non-hydrogen) atoms. The number of nitro groups is 1. The highest BCUT2D eigenvalue weighted by atomic mass is 35.5. The maximum absolute atomic E-state index is 11.8. The van der Waals surface area contributed by atoms with Crippen LogP contribution in [0.2, 0.25) is 5.15 Å². The van der Waals surface area contributed by atoms with Crippen LogP contribution in [0.4, 0.5) is 5.69 Å². The van der Waals surface area contributed by atoms with Crippen LogP contribution in [-0.2, 0) is 0 Å². The highest BCUT2D eigenvalue weighted by molar-refractivity contribution is 6.29. The number of carbonyl (C=O) groups excluding carboxylic acids is 1. The van der Waals surface area contributed by atoms with E-state index in [9.17, 15) is 14.9 Å². The fraction of sp³-hybridized carbons (Fsp3) is 0.400. The number of hydrogen-bond acceptors (Lipinski definition) is 4. The van der Waals surface area contributed by atoms with Gasteiger partial charge in [0.25, 0.3) is 11.6 Å². The molecule has 1 aliphatic carbocycles. The van der Waals surface area contributed by atoms with Gasteiger partial charge < -0.3 is 5.32 Å². The van der Waals surface area contributed by atoms with E-state index in [4.69, 9.17) is 11.6 Å². The molecule has 1 aromatic rings. The van der Waals surface area contributed by atoms with Gasteiger partial charge in [-0.25, -0.2) is 4.98 Å². The molecule has 0 bridgehead atoms. The van der Waals surface area contributed by atoms with Crippen molar-refractivity contribution in [2.24, 2.45) is 5.92 Å². The highest BCUT2D eigenvalue weighted by Crippen LogP contribution is 2.28. The van der Waals surface area contributed by atoms with E-state index in [1.54, 1.807) is 0 Å². The van der Waals surface area contributed by atoms with E-state index in [0.717, 1.165) is 19.0 Å². The third kappa shape index (κ3) is 2.91. The standard InChI is InChI=1S/C10H10ClN3O3/c11-9-3-7(8(5-12-9)14(16)17)10(15)13-4-6-1-2-6/h3,5-6H,1-2,4H2,(H,13,15). The second-order valence-corrected chi connectivity index (χ2v) is 4.32. The van der Waals surface area contributed by atoms with Crippen molar-refractivity contribution in [3.05, 3.63) is 33.1 Å². The van der Waals surface area contributed by atoms with Crippen molar-refractivity contribution in [3.63, 3.8) is 0 Å². The molecule has 1 saturated carbocycles. The van der Waals surface area contributed by atoms with Crippen LogP contribution in [0.15, 0.2) is 12.3 Å². The minimum atomic E-state index is -0.643. The third-order valence-electron chi connectivity index (χ3n) is 2.54. The number of hydrogen-bond donors (Lipinski definition) is 1. The van der Waals surface area contributed by atoms with Gasteiger partial charge in [-0.05, 0) is 24.8 Å². The molecule has 0 saturated heterocycles. The fourth-order valence-electron chi connectivity index (χ4n) is 1.40. The normalized spacial score (nSPS) is 14.4. The van der Waals surface area contributed by atoms with Crippen molar-refractivity contribution in [1.82, 2.24) is 10.3 Å². The quantitative estimate of drug-likeness (QED) is 0.505. The summed E-state index contributed by atoms with van der Waals surface area (Å²) in [6, 6.07) is 1.21. The lowest BCUT2D eigenvalue weighted by Gasteiger charge is -2.04. The van der Waals surface area contributed by atoms with Crippen LogP contribution in [0.5, 0.6) is 0 Å². The number of amides is 1. The van der Waals surface area contributed by atoms with Gasteiger partial charge in [-0.1, -0.05) is 11.6 Å². The summed E-state index contributed by atoms with van der Waals surface area (Å²) in [6.45, 7) is 0.552. The lowest BCUT2D eigenvalue weighted by Crippen LogP contribution is -2.26. The minimum Gasteiger partial charge on any atom is -0.352 e. The van der Waals surface area contributed by atoms with Crippen LogP contribution in [0.25, 0.3) is 0 Å². The zero-order valence-electron chi connectivity index (χ0n) is 8.85. The summed E-state index contributed by atoms with van der Waals surface area (Å²) in [5.41, 5.74) is -0.377. The molecule has 1 amide bonds. The predicted molar refractivity (Wildman–Crippen MR) is 61.0 cm³/mol. The fourth-order valence-corrected chi connectivity index (χ4v) is 1.56. The van der Waals surface area contributed by atoms with Crippen molar-refractivity contribution in [2.75, 3.05) is 6.54 Å². The molecule has 6 nitrogen and oxygen atoms in total. The summed E-state index contributed by atoms with van der Waals surface area (Å²) < 4.78 is 0. The van der Waals surface area contributed by atoms with Crippen LogP contribution in [0.3, 0.4) is 0 Å².